The lowest BCUT2D eigenvalue weighted by molar-refractivity contribution is -0.143. The molecule has 0 atom stereocenters. The molecular formula is C21H22F6N4O3S. The fraction of sp³-hybridized carbons (Fsp3) is 0.429. The summed E-state index contributed by atoms with van der Waals surface area (Å²) >= 11 is 0. The highest BCUT2D eigenvalue weighted by atomic mass is 32.2. The van der Waals surface area contributed by atoms with Crippen LogP contribution in [0.3, 0.4) is 0 Å². The Morgan fingerprint density at radius 2 is 1.71 bits per heavy atom. The molecule has 2 aromatic rings. The van der Waals surface area contributed by atoms with Crippen molar-refractivity contribution >= 4 is 16.1 Å². The van der Waals surface area contributed by atoms with Crippen molar-refractivity contribution in [3.8, 4) is 0 Å². The summed E-state index contributed by atoms with van der Waals surface area (Å²) in [4.78, 5) is 14.5. The van der Waals surface area contributed by atoms with Crippen LogP contribution in [0, 0.1) is 5.92 Å². The van der Waals surface area contributed by atoms with Gasteiger partial charge in [0.25, 0.3) is 0 Å². The van der Waals surface area contributed by atoms with Crippen LogP contribution in [0.1, 0.15) is 29.5 Å². The second-order valence-corrected chi connectivity index (χ2v) is 9.89. The normalized spacial score (nSPS) is 16.2. The fourth-order valence-electron chi connectivity index (χ4n) is 3.62. The number of carbonyl (C=O) groups excluding carboxylic acids is 1. The molecule has 2 heterocycles. The fourth-order valence-corrected chi connectivity index (χ4v) is 5.33. The first-order valence-corrected chi connectivity index (χ1v) is 11.9. The number of pyridine rings is 1. The molecule has 2 amide bonds. The van der Waals surface area contributed by atoms with Crippen molar-refractivity contribution in [2.45, 2.75) is 36.6 Å². The molecular weight excluding hydrogens is 502 g/mol. The minimum atomic E-state index is -5.15. The molecule has 3 rings (SSSR count). The molecule has 0 saturated carbocycles. The van der Waals surface area contributed by atoms with Gasteiger partial charge in [-0.3, -0.25) is 4.98 Å². The van der Waals surface area contributed by atoms with Gasteiger partial charge < -0.3 is 10.6 Å². The van der Waals surface area contributed by atoms with Crippen molar-refractivity contribution in [1.82, 2.24) is 19.9 Å². The third-order valence-corrected chi connectivity index (χ3v) is 7.47. The summed E-state index contributed by atoms with van der Waals surface area (Å²) in [7, 11) is -4.84. The topological polar surface area (TPSA) is 91.4 Å². The van der Waals surface area contributed by atoms with Crippen LogP contribution in [-0.2, 0) is 28.9 Å². The summed E-state index contributed by atoms with van der Waals surface area (Å²) < 4.78 is 106. The quantitative estimate of drug-likeness (QED) is 0.559. The van der Waals surface area contributed by atoms with Gasteiger partial charge in [-0.15, -0.1) is 0 Å². The van der Waals surface area contributed by atoms with Gasteiger partial charge in [0, 0.05) is 38.6 Å². The minimum Gasteiger partial charge on any atom is -0.338 e. The van der Waals surface area contributed by atoms with Crippen LogP contribution in [-0.4, -0.2) is 43.4 Å². The van der Waals surface area contributed by atoms with E-state index >= 15 is 0 Å². The third-order valence-electron chi connectivity index (χ3n) is 5.53. The van der Waals surface area contributed by atoms with E-state index in [4.69, 9.17) is 0 Å². The van der Waals surface area contributed by atoms with Crippen LogP contribution >= 0.6 is 0 Å². The van der Waals surface area contributed by atoms with Crippen molar-refractivity contribution in [3.05, 3.63) is 59.4 Å². The maximum absolute atomic E-state index is 13.4. The number of piperidine rings is 1. The van der Waals surface area contributed by atoms with Crippen LogP contribution in [0.15, 0.2) is 47.6 Å². The van der Waals surface area contributed by atoms with Gasteiger partial charge >= 0.3 is 18.4 Å². The summed E-state index contributed by atoms with van der Waals surface area (Å²) in [5, 5.41) is 5.28. The molecule has 35 heavy (non-hydrogen) atoms. The lowest BCUT2D eigenvalue weighted by Crippen LogP contribution is -2.43. The summed E-state index contributed by atoms with van der Waals surface area (Å²) in [6.07, 6.45) is -6.56. The van der Waals surface area contributed by atoms with Gasteiger partial charge in [-0.05, 0) is 48.6 Å². The first-order valence-electron chi connectivity index (χ1n) is 10.5. The number of amides is 2. The molecule has 192 valence electrons. The van der Waals surface area contributed by atoms with E-state index in [2.05, 4.69) is 15.6 Å². The molecule has 7 nitrogen and oxygen atoms in total. The number of rotatable bonds is 6. The first kappa shape index (κ1) is 26.7. The number of nitrogens with one attached hydrogen (secondary N) is 2. The summed E-state index contributed by atoms with van der Waals surface area (Å²) in [6.45, 7) is 0.0536. The molecule has 0 aliphatic carbocycles. The van der Waals surface area contributed by atoms with Gasteiger partial charge in [0.05, 0.1) is 16.0 Å². The zero-order chi connectivity index (χ0) is 25.9. The number of carbonyl (C=O) groups is 1. The van der Waals surface area contributed by atoms with Crippen molar-refractivity contribution < 1.29 is 39.6 Å². The number of aromatic nitrogens is 1. The highest BCUT2D eigenvalue weighted by Crippen LogP contribution is 2.39. The summed E-state index contributed by atoms with van der Waals surface area (Å²) in [5.74, 6) is -0.158. The SMILES string of the molecule is O=C(NCc1cccnc1)NCC1CCN(S(=O)(=O)c2cc(C(F)(F)F)ccc2C(F)(F)F)CC1. The summed E-state index contributed by atoms with van der Waals surface area (Å²) in [5.41, 5.74) is -2.35. The Morgan fingerprint density at radius 1 is 1.03 bits per heavy atom. The van der Waals surface area contributed by atoms with Gasteiger partial charge in [-0.2, -0.15) is 30.6 Å². The molecule has 1 fully saturated rings. The number of hydrogen-bond acceptors (Lipinski definition) is 4. The van der Waals surface area contributed by atoms with Crippen LogP contribution in [0.4, 0.5) is 31.1 Å². The zero-order valence-corrected chi connectivity index (χ0v) is 19.0. The predicted molar refractivity (Wildman–Crippen MR) is 112 cm³/mol. The minimum absolute atomic E-state index is 0.0262. The van der Waals surface area contributed by atoms with E-state index in [0.29, 0.717) is 0 Å². The number of nitrogens with zero attached hydrogens (tertiary/aromatic N) is 2. The maximum atomic E-state index is 13.4. The molecule has 14 heteroatoms. The number of benzene rings is 1. The number of urea groups is 1. The Labute approximate surface area is 197 Å². The number of halogens is 6. The second kappa shape index (κ2) is 10.4. The maximum Gasteiger partial charge on any atom is 0.417 e. The van der Waals surface area contributed by atoms with Crippen LogP contribution in [0.25, 0.3) is 0 Å². The smallest absolute Gasteiger partial charge is 0.338 e. The molecule has 1 aromatic heterocycles. The zero-order valence-electron chi connectivity index (χ0n) is 18.2. The molecule has 1 aromatic carbocycles. The highest BCUT2D eigenvalue weighted by molar-refractivity contribution is 7.89. The highest BCUT2D eigenvalue weighted by Gasteiger charge is 2.42. The average molecular weight is 524 g/mol. The Bertz CT molecular complexity index is 1130. The molecule has 1 saturated heterocycles. The predicted octanol–water partition coefficient (Wildman–Crippen LogP) is 4.02. The molecule has 1 aliphatic rings. The summed E-state index contributed by atoms with van der Waals surface area (Å²) in [6, 6.07) is 3.41. The van der Waals surface area contributed by atoms with Gasteiger partial charge in [0.1, 0.15) is 0 Å². The van der Waals surface area contributed by atoms with Crippen molar-refractivity contribution in [2.24, 2.45) is 5.92 Å². The molecule has 0 unspecified atom stereocenters. The van der Waals surface area contributed by atoms with E-state index in [1.165, 1.54) is 0 Å². The molecule has 1 aliphatic heterocycles. The first-order chi connectivity index (χ1) is 16.3. The van der Waals surface area contributed by atoms with E-state index in [0.717, 1.165) is 9.87 Å². The van der Waals surface area contributed by atoms with Crippen molar-refractivity contribution in [3.63, 3.8) is 0 Å². The molecule has 2 N–H and O–H groups in total. The average Bonchev–Trinajstić information content (AvgIpc) is 2.81. The Hall–Kier alpha value is -2.87. The lowest BCUT2D eigenvalue weighted by atomic mass is 9.98. The van der Waals surface area contributed by atoms with E-state index in [-0.39, 0.29) is 63.1 Å². The molecule has 0 radical (unpaired) electrons. The standard InChI is InChI=1S/C21H22F6N4O3S/c22-20(23,24)16-3-4-17(21(25,26)27)18(10-16)35(33,34)31-8-5-14(6-9-31)12-29-19(32)30-13-15-2-1-7-28-11-15/h1-4,7,10-11,14H,5-6,8-9,12-13H2,(H2,29,30,32). The Kier molecular flexibility index (Phi) is 7.94. The van der Waals surface area contributed by atoms with E-state index in [9.17, 15) is 39.6 Å². The van der Waals surface area contributed by atoms with Crippen LogP contribution in [0.2, 0.25) is 0 Å². The van der Waals surface area contributed by atoms with E-state index in [1.807, 2.05) is 0 Å². The van der Waals surface area contributed by atoms with E-state index in [1.54, 1.807) is 24.5 Å². The van der Waals surface area contributed by atoms with Gasteiger partial charge in [0.2, 0.25) is 10.0 Å². The van der Waals surface area contributed by atoms with Crippen LogP contribution in [0.5, 0.6) is 0 Å². The largest absolute Gasteiger partial charge is 0.417 e. The van der Waals surface area contributed by atoms with Gasteiger partial charge in [-0.25, -0.2) is 13.2 Å². The third kappa shape index (κ3) is 6.84. The molecule has 0 spiro atoms. The molecule has 0 bridgehead atoms. The van der Waals surface area contributed by atoms with Crippen molar-refractivity contribution in [2.75, 3.05) is 19.6 Å². The van der Waals surface area contributed by atoms with Crippen LogP contribution < -0.4 is 10.6 Å². The number of hydrogen-bond donors (Lipinski definition) is 2. The second-order valence-electron chi connectivity index (χ2n) is 7.98. The monoisotopic (exact) mass is 524 g/mol. The van der Waals surface area contributed by atoms with Gasteiger partial charge in [0.15, 0.2) is 0 Å². The lowest BCUT2D eigenvalue weighted by Gasteiger charge is -2.32. The number of sulfonamides is 1. The van der Waals surface area contributed by atoms with Crippen molar-refractivity contribution in [1.29, 1.82) is 0 Å². The van der Waals surface area contributed by atoms with E-state index < -0.39 is 44.4 Å². The number of alkyl halides is 6. The Morgan fingerprint density at radius 3 is 2.29 bits per heavy atom. The van der Waals surface area contributed by atoms with Gasteiger partial charge in [-0.1, -0.05) is 6.07 Å². The Balaban J connectivity index is 1.62.